The summed E-state index contributed by atoms with van der Waals surface area (Å²) in [5.74, 6) is 0.773. The molecule has 3 heteroatoms. The van der Waals surface area contributed by atoms with Crippen molar-refractivity contribution in [2.75, 3.05) is 11.9 Å². The lowest BCUT2D eigenvalue weighted by molar-refractivity contribution is 1.13. The molecule has 0 aliphatic carbocycles. The van der Waals surface area contributed by atoms with Crippen molar-refractivity contribution in [1.82, 2.24) is 9.97 Å². The number of anilines is 1. The Morgan fingerprint density at radius 3 is 3.30 bits per heavy atom. The van der Waals surface area contributed by atoms with E-state index in [0.717, 1.165) is 5.82 Å². The van der Waals surface area contributed by atoms with Crippen molar-refractivity contribution < 1.29 is 0 Å². The third kappa shape index (κ3) is 1.85. The lowest BCUT2D eigenvalue weighted by Gasteiger charge is -1.97. The van der Waals surface area contributed by atoms with E-state index in [-0.39, 0.29) is 0 Å². The van der Waals surface area contributed by atoms with Crippen LogP contribution >= 0.6 is 0 Å². The number of hydrogen-bond acceptors (Lipinski definition) is 3. The van der Waals surface area contributed by atoms with Crippen LogP contribution in [-0.2, 0) is 0 Å². The maximum Gasteiger partial charge on any atom is 0.130 e. The van der Waals surface area contributed by atoms with Crippen molar-refractivity contribution in [2.24, 2.45) is 0 Å². The molecule has 0 aliphatic heterocycles. The molecule has 0 amide bonds. The quantitative estimate of drug-likeness (QED) is 0.623. The number of aromatic nitrogens is 2. The molecule has 0 fully saturated rings. The van der Waals surface area contributed by atoms with Crippen LogP contribution in [0.15, 0.2) is 25.0 Å². The minimum absolute atomic E-state index is 0.713. The van der Waals surface area contributed by atoms with Gasteiger partial charge in [0.1, 0.15) is 12.1 Å². The predicted octanol–water partition coefficient (Wildman–Crippen LogP) is 0.875. The van der Waals surface area contributed by atoms with Crippen LogP contribution in [0.2, 0.25) is 0 Å². The molecule has 3 nitrogen and oxygen atoms in total. The van der Waals surface area contributed by atoms with E-state index in [1.54, 1.807) is 12.1 Å². The van der Waals surface area contributed by atoms with E-state index >= 15 is 0 Å². The van der Waals surface area contributed by atoms with E-state index in [0.29, 0.717) is 6.54 Å². The molecule has 0 unspecified atom stereocenters. The van der Waals surface area contributed by atoms with Crippen LogP contribution in [0.4, 0.5) is 5.82 Å². The highest BCUT2D eigenvalue weighted by Gasteiger charge is 1.85. The van der Waals surface area contributed by atoms with Crippen LogP contribution in [-0.4, -0.2) is 16.5 Å². The first-order valence-corrected chi connectivity index (χ1v) is 2.96. The zero-order chi connectivity index (χ0) is 7.23. The summed E-state index contributed by atoms with van der Waals surface area (Å²) in [4.78, 5) is 7.57. The summed E-state index contributed by atoms with van der Waals surface area (Å²) < 4.78 is 0. The second kappa shape index (κ2) is 3.61. The summed E-state index contributed by atoms with van der Waals surface area (Å²) in [6.07, 6.45) is 5.88. The van der Waals surface area contributed by atoms with E-state index in [1.165, 1.54) is 6.33 Å². The lowest BCUT2D eigenvalue weighted by atomic mass is 10.5. The molecule has 1 radical (unpaired) electrons. The maximum absolute atomic E-state index is 3.92. The molecule has 1 N–H and O–H groups in total. The smallest absolute Gasteiger partial charge is 0.130 e. The predicted molar refractivity (Wildman–Crippen MR) is 39.6 cm³/mol. The van der Waals surface area contributed by atoms with Gasteiger partial charge in [-0.25, -0.2) is 9.97 Å². The van der Waals surface area contributed by atoms with E-state index in [2.05, 4.69) is 28.1 Å². The Bertz CT molecular complexity index is 195. The Morgan fingerprint density at radius 2 is 2.70 bits per heavy atom. The zero-order valence-corrected chi connectivity index (χ0v) is 5.54. The van der Waals surface area contributed by atoms with Gasteiger partial charge in [0.2, 0.25) is 0 Å². The molecule has 1 heterocycles. The molecule has 0 spiro atoms. The molecule has 1 aromatic heterocycles. The SMILES string of the molecule is C=CCNc1c[c]ncn1. The van der Waals surface area contributed by atoms with Crippen LogP contribution in [0.3, 0.4) is 0 Å². The Morgan fingerprint density at radius 1 is 1.80 bits per heavy atom. The van der Waals surface area contributed by atoms with Crippen LogP contribution in [0.25, 0.3) is 0 Å². The highest BCUT2D eigenvalue weighted by molar-refractivity contribution is 5.31. The van der Waals surface area contributed by atoms with Gasteiger partial charge in [0.05, 0.1) is 6.20 Å². The molecule has 1 aromatic rings. The largest absolute Gasteiger partial charge is 0.366 e. The summed E-state index contributed by atoms with van der Waals surface area (Å²) in [6.45, 7) is 4.27. The van der Waals surface area contributed by atoms with Crippen molar-refractivity contribution in [3.8, 4) is 0 Å². The Hall–Kier alpha value is -1.38. The molecule has 51 valence electrons. The van der Waals surface area contributed by atoms with Gasteiger partial charge < -0.3 is 5.32 Å². The van der Waals surface area contributed by atoms with E-state index in [9.17, 15) is 0 Å². The third-order valence-corrected chi connectivity index (χ3v) is 0.958. The highest BCUT2D eigenvalue weighted by atomic mass is 15.0. The molecule has 10 heavy (non-hydrogen) atoms. The van der Waals surface area contributed by atoms with E-state index in [1.807, 2.05) is 0 Å². The van der Waals surface area contributed by atoms with Crippen molar-refractivity contribution in [2.45, 2.75) is 0 Å². The molecular formula is C7H8N3. The zero-order valence-electron chi connectivity index (χ0n) is 5.54. The monoisotopic (exact) mass is 134 g/mol. The fourth-order valence-corrected chi connectivity index (χ4v) is 0.533. The van der Waals surface area contributed by atoms with Gasteiger partial charge in [0.15, 0.2) is 0 Å². The van der Waals surface area contributed by atoms with Gasteiger partial charge >= 0.3 is 0 Å². The molecular weight excluding hydrogens is 126 g/mol. The van der Waals surface area contributed by atoms with Gasteiger partial charge in [-0.05, 0) is 0 Å². The van der Waals surface area contributed by atoms with Crippen molar-refractivity contribution in [3.63, 3.8) is 0 Å². The maximum atomic E-state index is 3.92. The second-order valence-corrected chi connectivity index (χ2v) is 1.70. The molecule has 0 atom stereocenters. The molecule has 1 rings (SSSR count). The first-order valence-electron chi connectivity index (χ1n) is 2.96. The van der Waals surface area contributed by atoms with Gasteiger partial charge in [-0.1, -0.05) is 6.08 Å². The molecule has 0 bridgehead atoms. The van der Waals surface area contributed by atoms with Crippen LogP contribution in [0, 0.1) is 6.20 Å². The van der Waals surface area contributed by atoms with Gasteiger partial charge in [0.25, 0.3) is 0 Å². The van der Waals surface area contributed by atoms with Crippen molar-refractivity contribution >= 4 is 5.82 Å². The fraction of sp³-hybridized carbons (Fsp3) is 0.143. The summed E-state index contributed by atoms with van der Waals surface area (Å²) in [5, 5.41) is 2.99. The summed E-state index contributed by atoms with van der Waals surface area (Å²) in [5.41, 5.74) is 0. The number of rotatable bonds is 3. The fourth-order valence-electron chi connectivity index (χ4n) is 0.533. The topological polar surface area (TPSA) is 37.8 Å². The lowest BCUT2D eigenvalue weighted by Crippen LogP contribution is -1.99. The average molecular weight is 134 g/mol. The summed E-state index contributed by atoms with van der Waals surface area (Å²) >= 11 is 0. The first-order chi connectivity index (χ1) is 4.93. The highest BCUT2D eigenvalue weighted by Crippen LogP contribution is 1.95. The molecule has 0 aromatic carbocycles. The van der Waals surface area contributed by atoms with E-state index in [4.69, 9.17) is 0 Å². The number of nitrogens with one attached hydrogen (secondary N) is 1. The second-order valence-electron chi connectivity index (χ2n) is 1.70. The van der Waals surface area contributed by atoms with Gasteiger partial charge in [-0.15, -0.1) is 6.58 Å². The standard InChI is InChI=1S/C7H8N3/c1-2-4-9-7-3-5-8-6-10-7/h2-3,6H,1,4H2,(H,8,9,10). The van der Waals surface area contributed by atoms with Crippen LogP contribution in [0.1, 0.15) is 0 Å². The molecule has 0 saturated heterocycles. The number of hydrogen-bond donors (Lipinski definition) is 1. The molecule has 0 aliphatic rings. The summed E-state index contributed by atoms with van der Waals surface area (Å²) in [7, 11) is 0. The minimum Gasteiger partial charge on any atom is -0.366 e. The molecule has 0 saturated carbocycles. The Labute approximate surface area is 59.8 Å². The third-order valence-electron chi connectivity index (χ3n) is 0.958. The van der Waals surface area contributed by atoms with Crippen molar-refractivity contribution in [1.29, 1.82) is 0 Å². The van der Waals surface area contributed by atoms with Gasteiger partial charge in [-0.3, -0.25) is 0 Å². The first kappa shape index (κ1) is 6.74. The van der Waals surface area contributed by atoms with Crippen LogP contribution < -0.4 is 5.32 Å². The Balaban J connectivity index is 2.50. The Kier molecular flexibility index (Phi) is 2.43. The normalized spacial score (nSPS) is 8.80. The average Bonchev–Trinajstić information content (AvgIpc) is 2.03. The summed E-state index contributed by atoms with van der Waals surface area (Å²) in [6, 6.07) is 1.68. The van der Waals surface area contributed by atoms with Gasteiger partial charge in [0, 0.05) is 12.6 Å². The van der Waals surface area contributed by atoms with E-state index < -0.39 is 0 Å². The minimum atomic E-state index is 0.713. The van der Waals surface area contributed by atoms with Crippen molar-refractivity contribution in [3.05, 3.63) is 31.2 Å². The number of nitrogens with zero attached hydrogens (tertiary/aromatic N) is 2. The van der Waals surface area contributed by atoms with Gasteiger partial charge in [-0.2, -0.15) is 0 Å². The van der Waals surface area contributed by atoms with Crippen LogP contribution in [0.5, 0.6) is 0 Å².